The highest BCUT2D eigenvalue weighted by molar-refractivity contribution is 7.55. The third-order valence-corrected chi connectivity index (χ3v) is 6.69. The van der Waals surface area contributed by atoms with Crippen molar-refractivity contribution in [3.8, 4) is 0 Å². The molecule has 0 radical (unpaired) electrons. The van der Waals surface area contributed by atoms with Gasteiger partial charge in [0.2, 0.25) is 5.91 Å². The second-order valence-electron chi connectivity index (χ2n) is 8.41. The molecule has 0 aliphatic carbocycles. The van der Waals surface area contributed by atoms with Crippen LogP contribution < -0.4 is 10.4 Å². The SMILES string of the molecule is CC(C)C[C@H](NC(=O)[C@H](Cc1ccccc1)NP(=O)(O)CCCc1ccccc1)C(=O)O. The van der Waals surface area contributed by atoms with Crippen LogP contribution in [0.4, 0.5) is 0 Å². The molecular formula is C24H33N2O5P. The van der Waals surface area contributed by atoms with Crippen molar-refractivity contribution in [2.75, 3.05) is 6.16 Å². The van der Waals surface area contributed by atoms with E-state index in [4.69, 9.17) is 0 Å². The molecule has 3 atom stereocenters. The fourth-order valence-corrected chi connectivity index (χ4v) is 4.87. The molecular weight excluding hydrogens is 427 g/mol. The van der Waals surface area contributed by atoms with Crippen LogP contribution in [0.25, 0.3) is 0 Å². The van der Waals surface area contributed by atoms with Gasteiger partial charge in [-0.25, -0.2) is 9.88 Å². The Morgan fingerprint density at radius 3 is 2.03 bits per heavy atom. The normalized spacial score (nSPS) is 15.0. The lowest BCUT2D eigenvalue weighted by Crippen LogP contribution is -2.50. The maximum Gasteiger partial charge on any atom is 0.326 e. The number of carboxylic acids is 1. The highest BCUT2D eigenvalue weighted by Crippen LogP contribution is 2.37. The molecule has 0 saturated carbocycles. The number of hydrogen-bond donors (Lipinski definition) is 4. The Morgan fingerprint density at radius 2 is 1.50 bits per heavy atom. The fourth-order valence-electron chi connectivity index (χ4n) is 3.46. The topological polar surface area (TPSA) is 116 Å². The summed E-state index contributed by atoms with van der Waals surface area (Å²) >= 11 is 0. The van der Waals surface area contributed by atoms with Gasteiger partial charge in [-0.05, 0) is 42.7 Å². The number of carboxylic acid groups (broad SMARTS) is 1. The Balaban J connectivity index is 2.08. The highest BCUT2D eigenvalue weighted by atomic mass is 31.2. The number of aryl methyl sites for hydroxylation is 1. The summed E-state index contributed by atoms with van der Waals surface area (Å²) in [6.45, 7) is 3.74. The molecule has 0 aliphatic rings. The molecule has 8 heteroatoms. The summed E-state index contributed by atoms with van der Waals surface area (Å²) in [6, 6.07) is 16.7. The number of rotatable bonds is 13. The minimum Gasteiger partial charge on any atom is -0.480 e. The van der Waals surface area contributed by atoms with Crippen LogP contribution in [-0.4, -0.2) is 40.1 Å². The molecule has 174 valence electrons. The first-order chi connectivity index (χ1) is 15.2. The Labute approximate surface area is 189 Å². The minimum atomic E-state index is -3.83. The predicted molar refractivity (Wildman–Crippen MR) is 126 cm³/mol. The third kappa shape index (κ3) is 9.35. The molecule has 32 heavy (non-hydrogen) atoms. The van der Waals surface area contributed by atoms with Crippen molar-refractivity contribution < 1.29 is 24.2 Å². The van der Waals surface area contributed by atoms with Crippen LogP contribution >= 0.6 is 7.52 Å². The third-order valence-electron chi connectivity index (χ3n) is 5.05. The number of benzene rings is 2. The number of aliphatic carboxylic acids is 1. The van der Waals surface area contributed by atoms with Crippen LogP contribution in [0.5, 0.6) is 0 Å². The van der Waals surface area contributed by atoms with Crippen molar-refractivity contribution in [2.45, 2.75) is 51.6 Å². The fraction of sp³-hybridized carbons (Fsp3) is 0.417. The summed E-state index contributed by atoms with van der Waals surface area (Å²) in [6.07, 6.45) is 1.58. The highest BCUT2D eigenvalue weighted by Gasteiger charge is 2.31. The zero-order chi connectivity index (χ0) is 23.6. The molecule has 0 heterocycles. The van der Waals surface area contributed by atoms with Gasteiger partial charge in [0.1, 0.15) is 6.04 Å². The smallest absolute Gasteiger partial charge is 0.326 e. The van der Waals surface area contributed by atoms with E-state index >= 15 is 0 Å². The molecule has 0 spiro atoms. The molecule has 0 aliphatic heterocycles. The second-order valence-corrected chi connectivity index (χ2v) is 10.5. The number of carbonyl (C=O) groups excluding carboxylic acids is 1. The van der Waals surface area contributed by atoms with Crippen molar-refractivity contribution in [3.05, 3.63) is 71.8 Å². The summed E-state index contributed by atoms with van der Waals surface area (Å²) < 4.78 is 12.9. The largest absolute Gasteiger partial charge is 0.480 e. The molecule has 2 aromatic rings. The maximum absolute atomic E-state index is 12.9. The van der Waals surface area contributed by atoms with Crippen LogP contribution in [-0.2, 0) is 27.0 Å². The van der Waals surface area contributed by atoms with Crippen LogP contribution in [0.3, 0.4) is 0 Å². The lowest BCUT2D eigenvalue weighted by Gasteiger charge is -2.24. The van der Waals surface area contributed by atoms with Gasteiger partial charge < -0.3 is 15.3 Å². The minimum absolute atomic E-state index is 0.00875. The van der Waals surface area contributed by atoms with Crippen LogP contribution in [0.2, 0.25) is 0 Å². The van der Waals surface area contributed by atoms with Gasteiger partial charge in [0.05, 0.1) is 6.04 Å². The van der Waals surface area contributed by atoms with Gasteiger partial charge in [-0.3, -0.25) is 9.36 Å². The Morgan fingerprint density at radius 1 is 0.938 bits per heavy atom. The van der Waals surface area contributed by atoms with Gasteiger partial charge in [0.15, 0.2) is 0 Å². The maximum atomic E-state index is 12.9. The first kappa shape index (κ1) is 25.8. The summed E-state index contributed by atoms with van der Waals surface area (Å²) in [5.41, 5.74) is 1.88. The first-order valence-corrected chi connectivity index (χ1v) is 12.7. The van der Waals surface area contributed by atoms with E-state index in [-0.39, 0.29) is 24.9 Å². The number of amides is 1. The van der Waals surface area contributed by atoms with E-state index in [1.165, 1.54) is 0 Å². The molecule has 7 nitrogen and oxygen atoms in total. The Bertz CT molecular complexity index is 905. The van der Waals surface area contributed by atoms with Gasteiger partial charge in [-0.15, -0.1) is 0 Å². The molecule has 1 amide bonds. The van der Waals surface area contributed by atoms with E-state index in [0.717, 1.165) is 11.1 Å². The Kier molecular flexibility index (Phi) is 10.1. The second kappa shape index (κ2) is 12.5. The van der Waals surface area contributed by atoms with Crippen LogP contribution in [0.15, 0.2) is 60.7 Å². The summed E-state index contributed by atoms with van der Waals surface area (Å²) in [5, 5.41) is 14.6. The number of nitrogens with one attached hydrogen (secondary N) is 2. The number of carbonyl (C=O) groups is 2. The van der Waals surface area contributed by atoms with Crippen molar-refractivity contribution in [1.29, 1.82) is 0 Å². The molecule has 0 aromatic heterocycles. The molecule has 0 fully saturated rings. The van der Waals surface area contributed by atoms with Crippen molar-refractivity contribution in [3.63, 3.8) is 0 Å². The van der Waals surface area contributed by atoms with Crippen molar-refractivity contribution in [1.82, 2.24) is 10.4 Å². The summed E-state index contributed by atoms with van der Waals surface area (Å²) in [4.78, 5) is 35.0. The van der Waals surface area contributed by atoms with E-state index in [0.29, 0.717) is 12.8 Å². The average molecular weight is 461 g/mol. The van der Waals surface area contributed by atoms with Crippen LogP contribution in [0, 0.1) is 5.92 Å². The van der Waals surface area contributed by atoms with Gasteiger partial charge in [-0.1, -0.05) is 74.5 Å². The van der Waals surface area contributed by atoms with E-state index in [2.05, 4.69) is 10.4 Å². The molecule has 0 bridgehead atoms. The lowest BCUT2D eigenvalue weighted by atomic mass is 10.0. The standard InChI is InChI=1S/C24H33N2O5P/c1-18(2)16-22(24(28)29)25-23(27)21(17-20-12-7-4-8-13-20)26-32(30,31)15-9-14-19-10-5-3-6-11-19/h3-8,10-13,18,21-22H,9,14-17H2,1-2H3,(H,25,27)(H,28,29)(H2,26,30,31)/t21-,22-/m0/s1. The molecule has 2 aromatic carbocycles. The molecule has 4 N–H and O–H groups in total. The van der Waals surface area contributed by atoms with E-state index in [9.17, 15) is 24.2 Å². The van der Waals surface area contributed by atoms with E-state index in [1.54, 1.807) is 0 Å². The summed E-state index contributed by atoms with van der Waals surface area (Å²) in [5.74, 6) is -1.65. The number of hydrogen-bond acceptors (Lipinski definition) is 3. The quantitative estimate of drug-likeness (QED) is 0.339. The van der Waals surface area contributed by atoms with Gasteiger partial charge >= 0.3 is 5.97 Å². The first-order valence-electron chi connectivity index (χ1n) is 10.9. The zero-order valence-electron chi connectivity index (χ0n) is 18.6. The van der Waals surface area contributed by atoms with Gasteiger partial charge in [0, 0.05) is 6.16 Å². The molecule has 1 unspecified atom stereocenters. The summed E-state index contributed by atoms with van der Waals surface area (Å²) in [7, 11) is -3.83. The van der Waals surface area contributed by atoms with E-state index in [1.807, 2.05) is 74.5 Å². The zero-order valence-corrected chi connectivity index (χ0v) is 19.5. The average Bonchev–Trinajstić information content (AvgIpc) is 2.73. The lowest BCUT2D eigenvalue weighted by molar-refractivity contribution is -0.142. The Hall–Kier alpha value is -2.47. The van der Waals surface area contributed by atoms with Gasteiger partial charge in [-0.2, -0.15) is 0 Å². The van der Waals surface area contributed by atoms with Crippen molar-refractivity contribution >= 4 is 19.4 Å². The molecule has 0 saturated heterocycles. The predicted octanol–water partition coefficient (Wildman–Crippen LogP) is 3.62. The monoisotopic (exact) mass is 460 g/mol. The molecule has 2 rings (SSSR count). The van der Waals surface area contributed by atoms with Crippen molar-refractivity contribution in [2.24, 2.45) is 5.92 Å². The van der Waals surface area contributed by atoms with E-state index < -0.39 is 31.5 Å². The van der Waals surface area contributed by atoms with Crippen LogP contribution in [0.1, 0.15) is 37.8 Å². The van der Waals surface area contributed by atoms with Gasteiger partial charge in [0.25, 0.3) is 7.52 Å².